The van der Waals surface area contributed by atoms with Crippen molar-refractivity contribution in [3.8, 4) is 0 Å². The summed E-state index contributed by atoms with van der Waals surface area (Å²) < 4.78 is 6.70. The van der Waals surface area contributed by atoms with Gasteiger partial charge in [0, 0.05) is 18.8 Å². The van der Waals surface area contributed by atoms with Crippen molar-refractivity contribution < 1.29 is 9.53 Å². The van der Waals surface area contributed by atoms with Crippen molar-refractivity contribution in [2.45, 2.75) is 13.0 Å². The smallest absolute Gasteiger partial charge is 0.296 e. The van der Waals surface area contributed by atoms with Crippen molar-refractivity contribution in [3.05, 3.63) is 17.5 Å². The van der Waals surface area contributed by atoms with Crippen molar-refractivity contribution in [1.82, 2.24) is 9.78 Å². The molecule has 0 spiro atoms. The Hall–Kier alpha value is -1.85. The Bertz CT molecular complexity index is 421. The van der Waals surface area contributed by atoms with Gasteiger partial charge in [-0.25, -0.2) is 0 Å². The van der Waals surface area contributed by atoms with E-state index < -0.39 is 6.10 Å². The van der Waals surface area contributed by atoms with Gasteiger partial charge in [0.2, 0.25) is 6.10 Å². The Kier molecular flexibility index (Phi) is 1.77. The molecule has 14 heavy (non-hydrogen) atoms. The highest BCUT2D eigenvalue weighted by molar-refractivity contribution is 5.98. The van der Waals surface area contributed by atoms with E-state index in [-0.39, 0.29) is 11.9 Å². The summed E-state index contributed by atoms with van der Waals surface area (Å²) in [4.78, 5) is 14.8. The van der Waals surface area contributed by atoms with E-state index in [1.165, 1.54) is 0 Å². The number of amides is 1. The van der Waals surface area contributed by atoms with Crippen LogP contribution in [0.3, 0.4) is 0 Å². The van der Waals surface area contributed by atoms with Gasteiger partial charge >= 0.3 is 0 Å². The SMILES string of the molecule is Cc1nn(C)cc1C1OC(N)=NC1=O. The molecule has 0 radical (unpaired) electrons. The number of rotatable bonds is 1. The molecule has 1 aliphatic rings. The van der Waals surface area contributed by atoms with E-state index in [1.807, 2.05) is 0 Å². The molecule has 1 amide bonds. The van der Waals surface area contributed by atoms with Crippen LogP contribution in [0.2, 0.25) is 0 Å². The minimum absolute atomic E-state index is 0.0803. The maximum atomic E-state index is 11.3. The first kappa shape index (κ1) is 8.74. The van der Waals surface area contributed by atoms with Crippen molar-refractivity contribution in [2.75, 3.05) is 0 Å². The van der Waals surface area contributed by atoms with E-state index >= 15 is 0 Å². The number of carbonyl (C=O) groups is 1. The van der Waals surface area contributed by atoms with Crippen LogP contribution in [0.5, 0.6) is 0 Å². The van der Waals surface area contributed by atoms with Gasteiger partial charge in [0.05, 0.1) is 5.69 Å². The van der Waals surface area contributed by atoms with Crippen molar-refractivity contribution in [3.63, 3.8) is 0 Å². The van der Waals surface area contributed by atoms with Gasteiger partial charge in [-0.1, -0.05) is 0 Å². The van der Waals surface area contributed by atoms with E-state index in [9.17, 15) is 4.79 Å². The number of ether oxygens (including phenoxy) is 1. The third kappa shape index (κ3) is 1.24. The lowest BCUT2D eigenvalue weighted by Crippen LogP contribution is -2.14. The summed E-state index contributed by atoms with van der Waals surface area (Å²) in [6.45, 7) is 1.81. The van der Waals surface area contributed by atoms with Gasteiger partial charge in [0.1, 0.15) is 0 Å². The van der Waals surface area contributed by atoms with Crippen LogP contribution in [-0.2, 0) is 16.6 Å². The van der Waals surface area contributed by atoms with Gasteiger partial charge in [-0.3, -0.25) is 9.48 Å². The van der Waals surface area contributed by atoms with Crippen LogP contribution in [0.25, 0.3) is 0 Å². The number of hydrogen-bond acceptors (Lipinski definition) is 4. The van der Waals surface area contributed by atoms with Crippen LogP contribution in [0.1, 0.15) is 17.4 Å². The lowest BCUT2D eigenvalue weighted by Gasteiger charge is -2.05. The fourth-order valence-electron chi connectivity index (χ4n) is 1.44. The van der Waals surface area contributed by atoms with E-state index in [1.54, 1.807) is 24.9 Å². The number of amidine groups is 1. The average Bonchev–Trinajstić information content (AvgIpc) is 2.55. The molecule has 6 heteroatoms. The molecule has 1 aromatic heterocycles. The molecule has 2 heterocycles. The summed E-state index contributed by atoms with van der Waals surface area (Å²) >= 11 is 0. The van der Waals surface area contributed by atoms with E-state index in [0.717, 1.165) is 5.69 Å². The maximum Gasteiger partial charge on any atom is 0.296 e. The number of aliphatic imine (C=N–C) groups is 1. The second-order valence-electron chi connectivity index (χ2n) is 3.13. The monoisotopic (exact) mass is 194 g/mol. The van der Waals surface area contributed by atoms with Crippen LogP contribution in [0.4, 0.5) is 0 Å². The number of aryl methyl sites for hydroxylation is 2. The molecule has 6 nitrogen and oxygen atoms in total. The number of nitrogens with two attached hydrogens (primary N) is 1. The molecule has 1 atom stereocenters. The lowest BCUT2D eigenvalue weighted by atomic mass is 10.1. The fourth-order valence-corrected chi connectivity index (χ4v) is 1.44. The molecule has 0 aromatic carbocycles. The number of hydrogen-bond donors (Lipinski definition) is 1. The van der Waals surface area contributed by atoms with Gasteiger partial charge in [-0.05, 0) is 6.92 Å². The summed E-state index contributed by atoms with van der Waals surface area (Å²) in [5.74, 6) is -0.376. The third-order valence-corrected chi connectivity index (χ3v) is 2.02. The normalized spacial score (nSPS) is 20.9. The molecular weight excluding hydrogens is 184 g/mol. The highest BCUT2D eigenvalue weighted by Gasteiger charge is 2.31. The first-order chi connectivity index (χ1) is 6.58. The van der Waals surface area contributed by atoms with Crippen LogP contribution in [0, 0.1) is 6.92 Å². The second-order valence-corrected chi connectivity index (χ2v) is 3.13. The molecule has 74 valence electrons. The number of aromatic nitrogens is 2. The Balaban J connectivity index is 2.34. The highest BCUT2D eigenvalue weighted by Crippen LogP contribution is 2.24. The second kappa shape index (κ2) is 2.83. The Morgan fingerprint density at radius 3 is 2.79 bits per heavy atom. The molecular formula is C8H10N4O2. The Morgan fingerprint density at radius 1 is 1.64 bits per heavy atom. The first-order valence-electron chi connectivity index (χ1n) is 4.12. The summed E-state index contributed by atoms with van der Waals surface area (Å²) in [7, 11) is 1.78. The molecule has 0 bridgehead atoms. The van der Waals surface area contributed by atoms with Gasteiger partial charge in [-0.15, -0.1) is 0 Å². The number of carbonyl (C=O) groups excluding carboxylic acids is 1. The van der Waals surface area contributed by atoms with E-state index in [4.69, 9.17) is 10.5 Å². The summed E-state index contributed by atoms with van der Waals surface area (Å²) in [5, 5.41) is 4.11. The van der Waals surface area contributed by atoms with Crippen LogP contribution >= 0.6 is 0 Å². The molecule has 0 saturated carbocycles. The number of nitrogens with zero attached hydrogens (tertiary/aromatic N) is 3. The zero-order chi connectivity index (χ0) is 10.3. The van der Waals surface area contributed by atoms with E-state index in [2.05, 4.69) is 10.1 Å². The topological polar surface area (TPSA) is 82.5 Å². The van der Waals surface area contributed by atoms with E-state index in [0.29, 0.717) is 5.56 Å². The summed E-state index contributed by atoms with van der Waals surface area (Å²) in [5.41, 5.74) is 6.75. The van der Waals surface area contributed by atoms with Gasteiger partial charge in [0.15, 0.2) is 0 Å². The molecule has 1 unspecified atom stereocenters. The molecule has 1 aromatic rings. The molecule has 0 fully saturated rings. The standard InChI is InChI=1S/C8H10N4O2/c1-4-5(3-12(2)11-4)6-7(13)10-8(9)14-6/h3,6H,1-2H3,(H2,9,10,13). The van der Waals surface area contributed by atoms with Crippen molar-refractivity contribution >= 4 is 11.9 Å². The van der Waals surface area contributed by atoms with Crippen LogP contribution in [0.15, 0.2) is 11.2 Å². The average molecular weight is 194 g/mol. The predicted octanol–water partition coefficient (Wildman–Crippen LogP) is -0.359. The predicted molar refractivity (Wildman–Crippen MR) is 48.4 cm³/mol. The molecule has 2 rings (SSSR count). The molecule has 1 aliphatic heterocycles. The Morgan fingerprint density at radius 2 is 2.36 bits per heavy atom. The molecule has 0 aliphatic carbocycles. The highest BCUT2D eigenvalue weighted by atomic mass is 16.5. The van der Waals surface area contributed by atoms with Gasteiger partial charge < -0.3 is 10.5 Å². The summed E-state index contributed by atoms with van der Waals surface area (Å²) in [6.07, 6.45) is 1.01. The zero-order valence-corrected chi connectivity index (χ0v) is 7.89. The Labute approximate surface area is 80.4 Å². The minimum Gasteiger partial charge on any atom is -0.446 e. The lowest BCUT2D eigenvalue weighted by molar-refractivity contribution is -0.122. The van der Waals surface area contributed by atoms with Crippen LogP contribution in [-0.4, -0.2) is 21.7 Å². The quantitative estimate of drug-likeness (QED) is 0.661. The van der Waals surface area contributed by atoms with Gasteiger partial charge in [0.25, 0.3) is 11.9 Å². The van der Waals surface area contributed by atoms with Crippen molar-refractivity contribution in [2.24, 2.45) is 17.8 Å². The van der Waals surface area contributed by atoms with Crippen LogP contribution < -0.4 is 5.73 Å². The molecule has 0 saturated heterocycles. The first-order valence-corrected chi connectivity index (χ1v) is 4.12. The van der Waals surface area contributed by atoms with Crippen molar-refractivity contribution in [1.29, 1.82) is 0 Å². The zero-order valence-electron chi connectivity index (χ0n) is 7.89. The molecule has 2 N–H and O–H groups in total. The largest absolute Gasteiger partial charge is 0.446 e. The maximum absolute atomic E-state index is 11.3. The summed E-state index contributed by atoms with van der Waals surface area (Å²) in [6, 6.07) is -0.0803. The minimum atomic E-state index is -0.719. The third-order valence-electron chi connectivity index (χ3n) is 2.02. The van der Waals surface area contributed by atoms with Gasteiger partial charge in [-0.2, -0.15) is 10.1 Å². The fraction of sp³-hybridized carbons (Fsp3) is 0.375.